The van der Waals surface area contributed by atoms with Gasteiger partial charge in [-0.2, -0.15) is 0 Å². The molecule has 2 aliphatic heterocycles. The Bertz CT molecular complexity index is 2770. The standard InChI is InChI=1S/C58H55NO16/c1-2-33-67-58-52(73-55(62)44-31-19-8-20-32-44)50(72-54(61)43-29-17-7-18-30-43)49(71-53(60)42-27-15-6-16-28-42)51(74-58)56(63)75-57-45(34-59(64)65)47(68-36-40-23-11-4-12-24-40)48(69-37-41-25-13-5-14-26-41)46(70-57)38-66-35-39-21-9-3-10-22-39/h1,3-32,45-52,56-58,63H,33-38H2/t45-,46-,47-,48-,49+,50+,51+,52-,56?,57?,58+/m1/s1. The van der Waals surface area contributed by atoms with Gasteiger partial charge >= 0.3 is 17.9 Å². The number of aliphatic hydroxyl groups excluding tert-OH is 1. The number of ether oxygens (including phenoxy) is 10. The highest BCUT2D eigenvalue weighted by molar-refractivity contribution is 5.91. The van der Waals surface area contributed by atoms with Crippen molar-refractivity contribution in [1.82, 2.24) is 0 Å². The van der Waals surface area contributed by atoms with E-state index in [-0.39, 0.29) is 43.1 Å². The van der Waals surface area contributed by atoms with E-state index in [1.54, 1.807) is 54.6 Å². The highest BCUT2D eigenvalue weighted by Gasteiger charge is 2.57. The molecule has 0 bridgehead atoms. The highest BCUT2D eigenvalue weighted by atomic mass is 16.8. The second-order valence-electron chi connectivity index (χ2n) is 17.5. The maximum atomic E-state index is 14.2. The molecule has 0 radical (unpaired) electrons. The molecule has 1 N–H and O–H groups in total. The van der Waals surface area contributed by atoms with E-state index >= 15 is 0 Å². The van der Waals surface area contributed by atoms with Crippen molar-refractivity contribution in [2.24, 2.45) is 5.92 Å². The van der Waals surface area contributed by atoms with Crippen molar-refractivity contribution in [3.8, 4) is 12.3 Å². The molecule has 6 aromatic carbocycles. The lowest BCUT2D eigenvalue weighted by atomic mass is 9.90. The lowest BCUT2D eigenvalue weighted by Gasteiger charge is -2.48. The molecule has 8 rings (SSSR count). The Labute approximate surface area is 433 Å². The summed E-state index contributed by atoms with van der Waals surface area (Å²) in [5.41, 5.74) is 2.59. The summed E-state index contributed by atoms with van der Waals surface area (Å²) in [6.45, 7) is -1.24. The average molecular weight is 1020 g/mol. The number of rotatable bonds is 23. The topological polar surface area (TPSA) is 207 Å². The van der Waals surface area contributed by atoms with Gasteiger partial charge in [-0.1, -0.05) is 152 Å². The molecule has 17 heteroatoms. The van der Waals surface area contributed by atoms with Gasteiger partial charge in [0.25, 0.3) is 0 Å². The second-order valence-corrected chi connectivity index (χ2v) is 17.5. The number of hydrogen-bond donors (Lipinski definition) is 1. The predicted molar refractivity (Wildman–Crippen MR) is 268 cm³/mol. The molecule has 0 saturated carbocycles. The molecule has 2 unspecified atom stereocenters. The van der Waals surface area contributed by atoms with Crippen LogP contribution in [0, 0.1) is 28.4 Å². The Hall–Kier alpha value is -7.63. The molecule has 17 nitrogen and oxygen atoms in total. The van der Waals surface area contributed by atoms with Gasteiger partial charge in [-0.25, -0.2) is 14.4 Å². The van der Waals surface area contributed by atoms with Gasteiger partial charge < -0.3 is 52.5 Å². The first-order valence-electron chi connectivity index (χ1n) is 24.2. The zero-order chi connectivity index (χ0) is 52.4. The van der Waals surface area contributed by atoms with Crippen molar-refractivity contribution in [1.29, 1.82) is 0 Å². The van der Waals surface area contributed by atoms with E-state index < -0.39 is 103 Å². The van der Waals surface area contributed by atoms with Crippen LogP contribution < -0.4 is 0 Å². The Morgan fingerprint density at radius 3 is 1.44 bits per heavy atom. The minimum Gasteiger partial charge on any atom is -0.452 e. The molecule has 2 fully saturated rings. The van der Waals surface area contributed by atoms with Crippen LogP contribution in [0.2, 0.25) is 0 Å². The van der Waals surface area contributed by atoms with E-state index in [2.05, 4.69) is 5.92 Å². The van der Waals surface area contributed by atoms with Gasteiger partial charge in [0, 0.05) is 4.92 Å². The van der Waals surface area contributed by atoms with Gasteiger partial charge in [0.2, 0.25) is 6.54 Å². The minimum absolute atomic E-state index is 0.0211. The number of esters is 3. The lowest BCUT2D eigenvalue weighted by Crippen LogP contribution is -2.66. The third-order valence-corrected chi connectivity index (χ3v) is 12.3. The Balaban J connectivity index is 1.19. The van der Waals surface area contributed by atoms with Crippen LogP contribution in [0.15, 0.2) is 182 Å². The molecule has 2 saturated heterocycles. The zero-order valence-corrected chi connectivity index (χ0v) is 40.5. The van der Waals surface area contributed by atoms with Crippen LogP contribution in [0.5, 0.6) is 0 Å². The number of terminal acetylenes is 1. The highest BCUT2D eigenvalue weighted by Crippen LogP contribution is 2.37. The summed E-state index contributed by atoms with van der Waals surface area (Å²) in [7, 11) is 0. The molecule has 75 heavy (non-hydrogen) atoms. The molecular formula is C58H55NO16. The van der Waals surface area contributed by atoms with E-state index in [4.69, 9.17) is 53.8 Å². The number of nitro groups is 1. The van der Waals surface area contributed by atoms with Crippen molar-refractivity contribution in [2.75, 3.05) is 19.8 Å². The maximum absolute atomic E-state index is 14.2. The van der Waals surface area contributed by atoms with Gasteiger partial charge in [-0.15, -0.1) is 6.42 Å². The van der Waals surface area contributed by atoms with E-state index in [9.17, 15) is 29.6 Å². The summed E-state index contributed by atoms with van der Waals surface area (Å²) in [4.78, 5) is 54.4. The van der Waals surface area contributed by atoms with Crippen LogP contribution in [0.25, 0.3) is 0 Å². The second kappa shape index (κ2) is 27.1. The molecule has 0 aromatic heterocycles. The number of hydrogen-bond acceptors (Lipinski definition) is 16. The Morgan fingerprint density at radius 2 is 0.973 bits per heavy atom. The van der Waals surface area contributed by atoms with Crippen molar-refractivity contribution >= 4 is 17.9 Å². The molecule has 388 valence electrons. The monoisotopic (exact) mass is 1020 g/mol. The Morgan fingerprint density at radius 1 is 0.547 bits per heavy atom. The summed E-state index contributed by atoms with van der Waals surface area (Å²) >= 11 is 0. The van der Waals surface area contributed by atoms with Gasteiger partial charge in [0.1, 0.15) is 30.8 Å². The fourth-order valence-corrected chi connectivity index (χ4v) is 8.65. The first kappa shape index (κ1) is 53.7. The van der Waals surface area contributed by atoms with E-state index in [0.29, 0.717) is 0 Å². The van der Waals surface area contributed by atoms with Crippen molar-refractivity contribution in [3.05, 3.63) is 225 Å². The molecule has 0 spiro atoms. The predicted octanol–water partition coefficient (Wildman–Crippen LogP) is 7.38. The largest absolute Gasteiger partial charge is 0.452 e. The van der Waals surface area contributed by atoms with E-state index in [1.165, 1.54) is 36.4 Å². The molecule has 0 aliphatic carbocycles. The normalized spacial score (nSPS) is 23.7. The fraction of sp³-hybridized carbons (Fsp3) is 0.293. The minimum atomic E-state index is -2.26. The first-order valence-corrected chi connectivity index (χ1v) is 24.2. The van der Waals surface area contributed by atoms with Crippen LogP contribution in [0.3, 0.4) is 0 Å². The van der Waals surface area contributed by atoms with Crippen molar-refractivity contribution in [3.63, 3.8) is 0 Å². The SMILES string of the molecule is C#CCO[C@H]1O[C@H](C(O)OC2O[C@H](COCc3ccccc3)[C@@H](OCc3ccccc3)[C@H](OCc3ccccc3)[C@H]2C[N+](=O)[O-])[C@@H](OC(=O)c2ccccc2)[C@H](OC(=O)c2ccccc2)[C@H]1OC(=O)c1ccccc1. The summed E-state index contributed by atoms with van der Waals surface area (Å²) in [6, 6.07) is 51.3. The molecule has 6 aromatic rings. The zero-order valence-electron chi connectivity index (χ0n) is 40.5. The van der Waals surface area contributed by atoms with E-state index in [0.717, 1.165) is 16.7 Å². The summed E-state index contributed by atoms with van der Waals surface area (Å²) in [6.07, 6.45) is -10.6. The van der Waals surface area contributed by atoms with Crippen LogP contribution >= 0.6 is 0 Å². The third-order valence-electron chi connectivity index (χ3n) is 12.3. The smallest absolute Gasteiger partial charge is 0.338 e. The van der Waals surface area contributed by atoms with Crippen LogP contribution in [-0.4, -0.2) is 109 Å². The summed E-state index contributed by atoms with van der Waals surface area (Å²) in [5, 5.41) is 25.3. The molecule has 2 heterocycles. The molecular weight excluding hydrogens is 967 g/mol. The number of carbonyl (C=O) groups excluding carboxylic acids is 3. The average Bonchev–Trinajstić information content (AvgIpc) is 3.45. The maximum Gasteiger partial charge on any atom is 0.338 e. The molecule has 0 amide bonds. The van der Waals surface area contributed by atoms with Gasteiger partial charge in [-0.3, -0.25) is 10.1 Å². The molecule has 11 atom stereocenters. The number of aliphatic hydroxyl groups is 1. The van der Waals surface area contributed by atoms with Gasteiger partial charge in [-0.05, 0) is 53.1 Å². The van der Waals surface area contributed by atoms with E-state index in [1.807, 2.05) is 91.0 Å². The van der Waals surface area contributed by atoms with Crippen LogP contribution in [0.1, 0.15) is 47.8 Å². The van der Waals surface area contributed by atoms with Crippen LogP contribution in [-0.2, 0) is 67.2 Å². The van der Waals surface area contributed by atoms with Gasteiger partial charge in [0.15, 0.2) is 43.3 Å². The van der Waals surface area contributed by atoms with Crippen molar-refractivity contribution < 1.29 is 71.8 Å². The number of carbonyl (C=O) groups is 3. The third kappa shape index (κ3) is 14.8. The summed E-state index contributed by atoms with van der Waals surface area (Å²) < 4.78 is 63.2. The summed E-state index contributed by atoms with van der Waals surface area (Å²) in [5.74, 6) is -1.82. The quantitative estimate of drug-likeness (QED) is 0.0166. The fourth-order valence-electron chi connectivity index (χ4n) is 8.65. The number of benzene rings is 6. The molecule has 2 aliphatic rings. The van der Waals surface area contributed by atoms with Gasteiger partial charge in [0.05, 0.1) is 43.1 Å². The number of nitrogens with zero attached hydrogens (tertiary/aromatic N) is 1. The van der Waals surface area contributed by atoms with Crippen molar-refractivity contribution in [2.45, 2.75) is 81.4 Å². The lowest BCUT2D eigenvalue weighted by molar-refractivity contribution is -0.505. The van der Waals surface area contributed by atoms with Crippen LogP contribution in [0.4, 0.5) is 0 Å². The first-order chi connectivity index (χ1) is 36.6. The Kier molecular flexibility index (Phi) is 19.4.